The Hall–Kier alpha value is -3.41. The number of aliphatic carboxylic acids is 1. The lowest BCUT2D eigenvalue weighted by Gasteiger charge is -2.21. The van der Waals surface area contributed by atoms with E-state index in [0.717, 1.165) is 5.56 Å². The van der Waals surface area contributed by atoms with E-state index in [9.17, 15) is 19.5 Å². The van der Waals surface area contributed by atoms with Crippen molar-refractivity contribution in [1.29, 1.82) is 0 Å². The van der Waals surface area contributed by atoms with Crippen molar-refractivity contribution in [3.63, 3.8) is 0 Å². The van der Waals surface area contributed by atoms with Crippen molar-refractivity contribution in [1.82, 2.24) is 10.6 Å². The van der Waals surface area contributed by atoms with Crippen molar-refractivity contribution in [3.8, 4) is 0 Å². The van der Waals surface area contributed by atoms with E-state index in [4.69, 9.17) is 0 Å². The zero-order valence-corrected chi connectivity index (χ0v) is 14.3. The minimum absolute atomic E-state index is 0.0389. The number of carbonyl (C=O) groups is 3. The van der Waals surface area contributed by atoms with Gasteiger partial charge in [0.2, 0.25) is 5.91 Å². The Bertz CT molecular complexity index is 801. The SMILES string of the molecule is CC(=O)NC(=Cc1ccccc1)C(=O)N[C@@H](Cc1ccccc1)C(=O)[O-]. The molecule has 26 heavy (non-hydrogen) atoms. The van der Waals surface area contributed by atoms with Gasteiger partial charge < -0.3 is 20.5 Å². The van der Waals surface area contributed by atoms with Crippen LogP contribution in [0.3, 0.4) is 0 Å². The first-order valence-corrected chi connectivity index (χ1v) is 8.05. The molecule has 6 nitrogen and oxygen atoms in total. The van der Waals surface area contributed by atoms with Gasteiger partial charge in [-0.3, -0.25) is 9.59 Å². The third-order valence-electron chi connectivity index (χ3n) is 3.54. The molecule has 134 valence electrons. The summed E-state index contributed by atoms with van der Waals surface area (Å²) in [6, 6.07) is 16.6. The fourth-order valence-electron chi connectivity index (χ4n) is 2.34. The Labute approximate surface area is 151 Å². The third kappa shape index (κ3) is 5.90. The molecular formula is C20H19N2O4-. The van der Waals surface area contributed by atoms with Crippen molar-refractivity contribution in [2.24, 2.45) is 0 Å². The molecule has 2 rings (SSSR count). The Balaban J connectivity index is 2.19. The van der Waals surface area contributed by atoms with Crippen molar-refractivity contribution in [2.45, 2.75) is 19.4 Å². The van der Waals surface area contributed by atoms with Crippen LogP contribution in [-0.4, -0.2) is 23.8 Å². The molecule has 0 aliphatic rings. The second kappa shape index (κ2) is 9.17. The summed E-state index contributed by atoms with van der Waals surface area (Å²) in [6.07, 6.45) is 1.55. The van der Waals surface area contributed by atoms with Crippen LogP contribution >= 0.6 is 0 Å². The molecule has 2 amide bonds. The van der Waals surface area contributed by atoms with Crippen LogP contribution in [0.5, 0.6) is 0 Å². The summed E-state index contributed by atoms with van der Waals surface area (Å²) >= 11 is 0. The van der Waals surface area contributed by atoms with Gasteiger partial charge in [-0.2, -0.15) is 0 Å². The monoisotopic (exact) mass is 351 g/mol. The molecule has 0 saturated carbocycles. The Morgan fingerprint density at radius 3 is 2.12 bits per heavy atom. The van der Waals surface area contributed by atoms with E-state index in [1.165, 1.54) is 13.0 Å². The average Bonchev–Trinajstić information content (AvgIpc) is 2.62. The predicted molar refractivity (Wildman–Crippen MR) is 95.3 cm³/mol. The number of amides is 2. The summed E-state index contributed by atoms with van der Waals surface area (Å²) in [7, 11) is 0. The fraction of sp³-hybridized carbons (Fsp3) is 0.150. The molecule has 1 atom stereocenters. The summed E-state index contributed by atoms with van der Waals surface area (Å²) in [5, 5.41) is 16.2. The smallest absolute Gasteiger partial charge is 0.268 e. The third-order valence-corrected chi connectivity index (χ3v) is 3.54. The molecule has 0 bridgehead atoms. The number of rotatable bonds is 7. The van der Waals surface area contributed by atoms with Gasteiger partial charge in [0.1, 0.15) is 5.70 Å². The average molecular weight is 351 g/mol. The predicted octanol–water partition coefficient (Wildman–Crippen LogP) is 0.641. The van der Waals surface area contributed by atoms with E-state index in [1.807, 2.05) is 12.1 Å². The summed E-state index contributed by atoms with van der Waals surface area (Å²) in [5.41, 5.74) is 1.40. The summed E-state index contributed by atoms with van der Waals surface area (Å²) in [6.45, 7) is 1.27. The molecule has 0 spiro atoms. The molecule has 0 aromatic heterocycles. The van der Waals surface area contributed by atoms with Crippen molar-refractivity contribution in [3.05, 3.63) is 77.5 Å². The number of hydrogen-bond acceptors (Lipinski definition) is 4. The van der Waals surface area contributed by atoms with Crippen molar-refractivity contribution in [2.75, 3.05) is 0 Å². The number of carboxylic acids is 1. The quantitative estimate of drug-likeness (QED) is 0.715. The number of benzene rings is 2. The second-order valence-corrected chi connectivity index (χ2v) is 5.68. The van der Waals surface area contributed by atoms with Gasteiger partial charge in [-0.05, 0) is 23.6 Å². The molecular weight excluding hydrogens is 332 g/mol. The van der Waals surface area contributed by atoms with E-state index in [-0.39, 0.29) is 12.1 Å². The van der Waals surface area contributed by atoms with E-state index in [0.29, 0.717) is 5.56 Å². The van der Waals surface area contributed by atoms with Crippen molar-refractivity contribution < 1.29 is 19.5 Å². The van der Waals surface area contributed by atoms with Crippen LogP contribution in [0.4, 0.5) is 0 Å². The first kappa shape index (κ1) is 18.9. The Morgan fingerprint density at radius 2 is 1.58 bits per heavy atom. The van der Waals surface area contributed by atoms with Gasteiger partial charge in [0, 0.05) is 6.92 Å². The molecule has 0 heterocycles. The van der Waals surface area contributed by atoms with Gasteiger partial charge in [-0.25, -0.2) is 0 Å². The molecule has 0 radical (unpaired) electrons. The highest BCUT2D eigenvalue weighted by Crippen LogP contribution is 2.07. The maximum atomic E-state index is 12.5. The normalized spacial score (nSPS) is 12.1. The fourth-order valence-corrected chi connectivity index (χ4v) is 2.34. The van der Waals surface area contributed by atoms with Gasteiger partial charge in [-0.1, -0.05) is 60.7 Å². The molecule has 0 saturated heterocycles. The minimum Gasteiger partial charge on any atom is -0.548 e. The van der Waals surface area contributed by atoms with E-state index in [2.05, 4.69) is 10.6 Å². The van der Waals surface area contributed by atoms with Gasteiger partial charge in [-0.15, -0.1) is 0 Å². The zero-order valence-electron chi connectivity index (χ0n) is 14.3. The Morgan fingerprint density at radius 1 is 1.00 bits per heavy atom. The van der Waals surface area contributed by atoms with Crippen LogP contribution in [0.15, 0.2) is 66.4 Å². The topological polar surface area (TPSA) is 98.3 Å². The molecule has 0 fully saturated rings. The van der Waals surface area contributed by atoms with Gasteiger partial charge in [0.05, 0.1) is 12.0 Å². The van der Waals surface area contributed by atoms with Gasteiger partial charge in [0.25, 0.3) is 5.91 Å². The number of hydrogen-bond donors (Lipinski definition) is 2. The highest BCUT2D eigenvalue weighted by atomic mass is 16.4. The molecule has 0 aliphatic heterocycles. The van der Waals surface area contributed by atoms with Gasteiger partial charge in [0.15, 0.2) is 0 Å². The first-order chi connectivity index (χ1) is 12.5. The Kier molecular flexibility index (Phi) is 6.68. The lowest BCUT2D eigenvalue weighted by atomic mass is 10.1. The molecule has 2 aromatic carbocycles. The second-order valence-electron chi connectivity index (χ2n) is 5.68. The molecule has 2 N–H and O–H groups in total. The largest absolute Gasteiger partial charge is 0.548 e. The van der Waals surface area contributed by atoms with Crippen LogP contribution in [0.1, 0.15) is 18.1 Å². The summed E-state index contributed by atoms with van der Waals surface area (Å²) in [5.74, 6) is -2.53. The van der Waals surface area contributed by atoms with Crippen LogP contribution in [0.2, 0.25) is 0 Å². The van der Waals surface area contributed by atoms with Gasteiger partial charge >= 0.3 is 0 Å². The van der Waals surface area contributed by atoms with Crippen molar-refractivity contribution >= 4 is 23.9 Å². The molecule has 6 heteroatoms. The lowest BCUT2D eigenvalue weighted by molar-refractivity contribution is -0.308. The summed E-state index contributed by atoms with van der Waals surface area (Å²) in [4.78, 5) is 35.3. The number of carboxylic acid groups (broad SMARTS) is 1. The highest BCUT2D eigenvalue weighted by Gasteiger charge is 2.18. The standard InChI is InChI=1S/C20H20N2O4/c1-14(23)21-17(12-15-8-4-2-5-9-15)19(24)22-18(20(25)26)13-16-10-6-3-7-11-16/h2-12,18H,13H2,1H3,(H,21,23)(H,22,24)(H,25,26)/p-1/t18-/m0/s1. The first-order valence-electron chi connectivity index (χ1n) is 8.05. The summed E-state index contributed by atoms with van der Waals surface area (Å²) < 4.78 is 0. The van der Waals surface area contributed by atoms with Crippen LogP contribution in [-0.2, 0) is 20.8 Å². The number of nitrogens with one attached hydrogen (secondary N) is 2. The lowest BCUT2D eigenvalue weighted by Crippen LogP contribution is -2.50. The zero-order chi connectivity index (χ0) is 18.9. The molecule has 0 unspecified atom stereocenters. The van der Waals surface area contributed by atoms with E-state index in [1.54, 1.807) is 48.5 Å². The van der Waals surface area contributed by atoms with E-state index < -0.39 is 23.8 Å². The highest BCUT2D eigenvalue weighted by molar-refractivity contribution is 6.02. The van der Waals surface area contributed by atoms with E-state index >= 15 is 0 Å². The van der Waals surface area contributed by atoms with Crippen LogP contribution in [0.25, 0.3) is 6.08 Å². The molecule has 0 aliphatic carbocycles. The maximum Gasteiger partial charge on any atom is 0.268 e. The minimum atomic E-state index is -1.40. The van der Waals surface area contributed by atoms with Crippen LogP contribution in [0, 0.1) is 0 Å². The maximum absolute atomic E-state index is 12.5. The van der Waals surface area contributed by atoms with Crippen LogP contribution < -0.4 is 15.7 Å². The molecule has 2 aromatic rings. The number of carbonyl (C=O) groups excluding carboxylic acids is 3.